The minimum atomic E-state index is -5.12. The van der Waals surface area contributed by atoms with E-state index < -0.39 is 41.0 Å². The zero-order chi connectivity index (χ0) is 33.2. The van der Waals surface area contributed by atoms with Crippen LogP contribution in [-0.4, -0.2) is 57.0 Å². The van der Waals surface area contributed by atoms with E-state index in [9.17, 15) is 41.0 Å². The Bertz CT molecular complexity index is 1730. The summed E-state index contributed by atoms with van der Waals surface area (Å²) < 4.78 is 93.3. The van der Waals surface area contributed by atoms with Gasteiger partial charge in [0, 0.05) is 18.7 Å². The Morgan fingerprint density at radius 1 is 0.957 bits per heavy atom. The van der Waals surface area contributed by atoms with Crippen LogP contribution in [-0.2, 0) is 23.7 Å². The van der Waals surface area contributed by atoms with Crippen molar-refractivity contribution < 1.29 is 50.5 Å². The molecule has 4 aromatic rings. The first-order chi connectivity index (χ1) is 21.8. The fraction of sp³-hybridized carbons (Fsp3) is 0.290. The quantitative estimate of drug-likeness (QED) is 0.211. The van der Waals surface area contributed by atoms with E-state index in [-0.39, 0.29) is 40.3 Å². The van der Waals surface area contributed by atoms with Gasteiger partial charge in [-0.1, -0.05) is 30.3 Å². The normalized spacial score (nSPS) is 14.3. The number of alkyl halides is 6. The first-order valence-electron chi connectivity index (χ1n) is 13.9. The lowest BCUT2D eigenvalue weighted by atomic mass is 9.89. The lowest BCUT2D eigenvalue weighted by Gasteiger charge is -2.31. The van der Waals surface area contributed by atoms with E-state index in [1.165, 1.54) is 19.2 Å². The van der Waals surface area contributed by atoms with E-state index in [4.69, 9.17) is 9.47 Å². The molecule has 0 saturated carbocycles. The molecule has 0 bridgehead atoms. The maximum atomic E-state index is 13.8. The second-order valence-electron chi connectivity index (χ2n) is 10.5. The molecule has 5 rings (SSSR count). The Labute approximate surface area is 258 Å². The monoisotopic (exact) mass is 648 g/mol. The van der Waals surface area contributed by atoms with E-state index in [1.807, 2.05) is 24.3 Å². The average molecular weight is 649 g/mol. The van der Waals surface area contributed by atoms with Gasteiger partial charge in [-0.15, -0.1) is 0 Å². The molecule has 2 aromatic heterocycles. The molecule has 1 N–H and O–H groups in total. The highest BCUT2D eigenvalue weighted by Gasteiger charge is 2.41. The largest absolute Gasteiger partial charge is 0.488 e. The van der Waals surface area contributed by atoms with Gasteiger partial charge < -0.3 is 19.5 Å². The first kappa shape index (κ1) is 32.3. The number of carboxylic acids is 1. The molecule has 2 aromatic carbocycles. The molecule has 0 spiro atoms. The molecule has 9 nitrogen and oxygen atoms in total. The lowest BCUT2D eigenvalue weighted by molar-refractivity contribution is -0.143. The fourth-order valence-electron chi connectivity index (χ4n) is 5.25. The van der Waals surface area contributed by atoms with Crippen LogP contribution >= 0.6 is 0 Å². The SMILES string of the molecule is COC(=O)N1CCC(c2ccc(COc3ccc(C(F)(F)F)cc3-c3cccc(-n4ncc(C(=O)O)c4C(F)(F)F)n3)cc2)CC1. The molecule has 0 unspecified atom stereocenters. The zero-order valence-corrected chi connectivity index (χ0v) is 24.1. The van der Waals surface area contributed by atoms with Crippen LogP contribution < -0.4 is 4.74 Å². The number of rotatable bonds is 7. The molecule has 0 radical (unpaired) electrons. The molecular formula is C31H26F6N4O5. The third-order valence-electron chi connectivity index (χ3n) is 7.58. The molecule has 1 fully saturated rings. The number of hydrogen-bond acceptors (Lipinski definition) is 6. The van der Waals surface area contributed by atoms with E-state index in [0.717, 1.165) is 42.7 Å². The van der Waals surface area contributed by atoms with Crippen LogP contribution in [0.15, 0.2) is 66.9 Å². The van der Waals surface area contributed by atoms with E-state index in [0.29, 0.717) is 24.8 Å². The number of carbonyl (C=O) groups is 2. The van der Waals surface area contributed by atoms with Gasteiger partial charge in [-0.2, -0.15) is 31.4 Å². The number of hydrogen-bond donors (Lipinski definition) is 1. The summed E-state index contributed by atoms with van der Waals surface area (Å²) in [5.74, 6) is -2.11. The van der Waals surface area contributed by atoms with Crippen molar-refractivity contribution in [3.05, 3.63) is 94.8 Å². The number of piperidine rings is 1. The van der Waals surface area contributed by atoms with Gasteiger partial charge in [0.25, 0.3) is 0 Å². The summed E-state index contributed by atoms with van der Waals surface area (Å²) in [5.41, 5.74) is -2.28. The Morgan fingerprint density at radius 3 is 2.26 bits per heavy atom. The molecule has 3 heterocycles. The van der Waals surface area contributed by atoms with Crippen LogP contribution in [0.4, 0.5) is 31.1 Å². The van der Waals surface area contributed by atoms with Gasteiger partial charge in [-0.25, -0.2) is 19.3 Å². The summed E-state index contributed by atoms with van der Waals surface area (Å²) in [5, 5.41) is 12.8. The highest BCUT2D eigenvalue weighted by atomic mass is 19.4. The van der Waals surface area contributed by atoms with Gasteiger partial charge in [-0.3, -0.25) is 0 Å². The maximum absolute atomic E-state index is 13.8. The van der Waals surface area contributed by atoms with Gasteiger partial charge in [0.2, 0.25) is 0 Å². The average Bonchev–Trinajstić information content (AvgIpc) is 3.50. The highest BCUT2D eigenvalue weighted by Crippen LogP contribution is 2.38. The van der Waals surface area contributed by atoms with Crippen LogP contribution in [0.25, 0.3) is 17.1 Å². The van der Waals surface area contributed by atoms with E-state index in [2.05, 4.69) is 10.1 Å². The van der Waals surface area contributed by atoms with Crippen molar-refractivity contribution in [1.82, 2.24) is 19.7 Å². The summed E-state index contributed by atoms with van der Waals surface area (Å²) in [6.07, 6.45) is -8.19. The summed E-state index contributed by atoms with van der Waals surface area (Å²) in [6.45, 7) is 1.08. The second-order valence-corrected chi connectivity index (χ2v) is 10.5. The summed E-state index contributed by atoms with van der Waals surface area (Å²) >= 11 is 0. The zero-order valence-electron chi connectivity index (χ0n) is 24.1. The van der Waals surface area contributed by atoms with Gasteiger partial charge in [-0.05, 0) is 60.2 Å². The van der Waals surface area contributed by atoms with Gasteiger partial charge in [0.15, 0.2) is 11.5 Å². The predicted octanol–water partition coefficient (Wildman–Crippen LogP) is 7.19. The molecule has 1 saturated heterocycles. The number of aromatic nitrogens is 3. The summed E-state index contributed by atoms with van der Waals surface area (Å²) in [6, 6.07) is 13.9. The Balaban J connectivity index is 1.40. The highest BCUT2D eigenvalue weighted by molar-refractivity contribution is 5.89. The molecule has 46 heavy (non-hydrogen) atoms. The predicted molar refractivity (Wildman–Crippen MR) is 150 cm³/mol. The number of aromatic carboxylic acids is 1. The van der Waals surface area contributed by atoms with Crippen LogP contribution in [0.5, 0.6) is 5.75 Å². The lowest BCUT2D eigenvalue weighted by Crippen LogP contribution is -2.37. The topological polar surface area (TPSA) is 107 Å². The smallest absolute Gasteiger partial charge is 0.434 e. The molecule has 242 valence electrons. The van der Waals surface area contributed by atoms with Gasteiger partial charge in [0.1, 0.15) is 17.9 Å². The number of likely N-dealkylation sites (tertiary alicyclic amines) is 1. The number of methoxy groups -OCH3 is 1. The van der Waals surface area contributed by atoms with Crippen molar-refractivity contribution in [2.75, 3.05) is 20.2 Å². The minimum Gasteiger partial charge on any atom is -0.488 e. The van der Waals surface area contributed by atoms with Crippen LogP contribution in [0.2, 0.25) is 0 Å². The number of benzene rings is 2. The standard InChI is InChI=1S/C31H26F6N4O5/c1-45-29(44)40-13-11-20(12-14-40)19-7-5-18(6-8-19)17-46-25-10-9-21(30(32,33)34)15-22(25)24-3-2-4-26(39-24)41-27(31(35,36)37)23(16-38-41)28(42)43/h2-10,15-16,20H,11-14,17H2,1H3,(H,42,43). The number of pyridine rings is 1. The third kappa shape index (κ3) is 6.92. The van der Waals surface area contributed by atoms with Crippen molar-refractivity contribution >= 4 is 12.1 Å². The Kier molecular flexibility index (Phi) is 8.94. The number of carboxylic acid groups (broad SMARTS) is 1. The van der Waals surface area contributed by atoms with Crippen molar-refractivity contribution in [2.24, 2.45) is 0 Å². The van der Waals surface area contributed by atoms with Crippen molar-refractivity contribution in [1.29, 1.82) is 0 Å². The van der Waals surface area contributed by atoms with Crippen LogP contribution in [0, 0.1) is 0 Å². The number of carbonyl (C=O) groups excluding carboxylic acids is 1. The number of amides is 1. The fourth-order valence-corrected chi connectivity index (χ4v) is 5.25. The summed E-state index contributed by atoms with van der Waals surface area (Å²) in [7, 11) is 1.34. The molecular weight excluding hydrogens is 622 g/mol. The Morgan fingerprint density at radius 2 is 1.65 bits per heavy atom. The molecule has 1 aliphatic heterocycles. The maximum Gasteiger partial charge on any atom is 0.434 e. The third-order valence-corrected chi connectivity index (χ3v) is 7.58. The minimum absolute atomic E-state index is 0.0142. The first-order valence-corrected chi connectivity index (χ1v) is 13.9. The molecule has 1 amide bonds. The van der Waals surface area contributed by atoms with Crippen LogP contribution in [0.3, 0.4) is 0 Å². The number of ether oxygens (including phenoxy) is 2. The molecule has 15 heteroatoms. The van der Waals surface area contributed by atoms with Crippen molar-refractivity contribution in [2.45, 2.75) is 37.7 Å². The Hall–Kier alpha value is -5.08. The van der Waals surface area contributed by atoms with Gasteiger partial charge in [0.05, 0.1) is 24.6 Å². The molecule has 1 aliphatic rings. The number of halogens is 6. The summed E-state index contributed by atoms with van der Waals surface area (Å²) in [4.78, 5) is 28.9. The van der Waals surface area contributed by atoms with Gasteiger partial charge >= 0.3 is 24.4 Å². The van der Waals surface area contributed by atoms with Crippen LogP contribution in [0.1, 0.15) is 51.5 Å². The molecule has 0 aliphatic carbocycles. The molecule has 0 atom stereocenters. The number of nitrogens with zero attached hydrogens (tertiary/aromatic N) is 4. The second kappa shape index (κ2) is 12.7. The van der Waals surface area contributed by atoms with E-state index >= 15 is 0 Å². The van der Waals surface area contributed by atoms with E-state index in [1.54, 1.807) is 4.90 Å². The van der Waals surface area contributed by atoms with Crippen molar-refractivity contribution in [3.63, 3.8) is 0 Å². The van der Waals surface area contributed by atoms with Crippen molar-refractivity contribution in [3.8, 4) is 22.8 Å².